The highest BCUT2D eigenvalue weighted by Crippen LogP contribution is 2.15. The van der Waals surface area contributed by atoms with Crippen LogP contribution in [0.5, 0.6) is 0 Å². The van der Waals surface area contributed by atoms with E-state index in [9.17, 15) is 0 Å². The summed E-state index contributed by atoms with van der Waals surface area (Å²) in [5, 5.41) is 6.55. The van der Waals surface area contributed by atoms with Crippen LogP contribution in [0.25, 0.3) is 0 Å². The number of nitrogens with one attached hydrogen (secondary N) is 2. The Morgan fingerprint density at radius 2 is 2.08 bits per heavy atom. The lowest BCUT2D eigenvalue weighted by atomic mass is 10.1. The Labute approximate surface area is 78.1 Å². The zero-order valence-electron chi connectivity index (χ0n) is 7.66. The molecule has 0 aromatic heterocycles. The van der Waals surface area contributed by atoms with Crippen molar-refractivity contribution in [3.8, 4) is 0 Å². The average Bonchev–Trinajstić information content (AvgIpc) is 2.67. The van der Waals surface area contributed by atoms with E-state index >= 15 is 0 Å². The van der Waals surface area contributed by atoms with E-state index < -0.39 is 0 Å². The standard InChI is InChI=1S/C10H14N2O/c1-13-10-11-7-9(12-10)8-5-3-2-4-6-8/h2-6,9-12H,7H2,1H3. The van der Waals surface area contributed by atoms with Crippen molar-refractivity contribution in [1.29, 1.82) is 0 Å². The van der Waals surface area contributed by atoms with Crippen molar-refractivity contribution in [3.63, 3.8) is 0 Å². The Bertz CT molecular complexity index is 263. The van der Waals surface area contributed by atoms with Gasteiger partial charge in [-0.3, -0.25) is 10.6 Å². The Hall–Kier alpha value is -0.900. The highest BCUT2D eigenvalue weighted by Gasteiger charge is 2.22. The minimum absolute atomic E-state index is 0.00907. The van der Waals surface area contributed by atoms with Crippen LogP contribution in [0.2, 0.25) is 0 Å². The molecule has 2 N–H and O–H groups in total. The van der Waals surface area contributed by atoms with Gasteiger partial charge in [-0.25, -0.2) is 0 Å². The molecule has 0 aliphatic carbocycles. The Morgan fingerprint density at radius 3 is 2.69 bits per heavy atom. The number of hydrogen-bond donors (Lipinski definition) is 2. The van der Waals surface area contributed by atoms with E-state index in [0.717, 1.165) is 6.54 Å². The minimum Gasteiger partial charge on any atom is -0.353 e. The molecule has 0 radical (unpaired) electrons. The van der Waals surface area contributed by atoms with Crippen LogP contribution in [0.15, 0.2) is 30.3 Å². The molecule has 3 nitrogen and oxygen atoms in total. The maximum absolute atomic E-state index is 5.14. The van der Waals surface area contributed by atoms with Gasteiger partial charge in [0.25, 0.3) is 0 Å². The maximum Gasteiger partial charge on any atom is 0.163 e. The maximum atomic E-state index is 5.14. The summed E-state index contributed by atoms with van der Waals surface area (Å²) >= 11 is 0. The summed E-state index contributed by atoms with van der Waals surface area (Å²) in [5.74, 6) is 0. The Kier molecular flexibility index (Phi) is 2.59. The van der Waals surface area contributed by atoms with Gasteiger partial charge in [0, 0.05) is 19.7 Å². The summed E-state index contributed by atoms with van der Waals surface area (Å²) in [4.78, 5) is 0. The van der Waals surface area contributed by atoms with Gasteiger partial charge in [-0.15, -0.1) is 0 Å². The average molecular weight is 178 g/mol. The van der Waals surface area contributed by atoms with Gasteiger partial charge in [0.15, 0.2) is 6.35 Å². The fourth-order valence-corrected chi connectivity index (χ4v) is 1.58. The third kappa shape index (κ3) is 1.88. The molecule has 1 aliphatic heterocycles. The molecule has 1 fully saturated rings. The topological polar surface area (TPSA) is 33.3 Å². The largest absolute Gasteiger partial charge is 0.353 e. The van der Waals surface area contributed by atoms with Crippen LogP contribution < -0.4 is 10.6 Å². The van der Waals surface area contributed by atoms with Crippen molar-refractivity contribution in [2.75, 3.05) is 13.7 Å². The van der Waals surface area contributed by atoms with Crippen LogP contribution >= 0.6 is 0 Å². The van der Waals surface area contributed by atoms with Gasteiger partial charge in [-0.05, 0) is 5.56 Å². The molecule has 0 amide bonds. The molecule has 2 unspecified atom stereocenters. The van der Waals surface area contributed by atoms with Crippen molar-refractivity contribution in [1.82, 2.24) is 10.6 Å². The number of methoxy groups -OCH3 is 1. The zero-order chi connectivity index (χ0) is 9.10. The third-order valence-electron chi connectivity index (χ3n) is 2.30. The van der Waals surface area contributed by atoms with Crippen LogP contribution in [0.1, 0.15) is 11.6 Å². The minimum atomic E-state index is -0.00907. The lowest BCUT2D eigenvalue weighted by Crippen LogP contribution is -2.33. The first-order valence-electron chi connectivity index (χ1n) is 4.47. The van der Waals surface area contributed by atoms with Crippen LogP contribution in [0.4, 0.5) is 0 Å². The summed E-state index contributed by atoms with van der Waals surface area (Å²) in [6.45, 7) is 0.919. The second kappa shape index (κ2) is 3.87. The molecule has 0 bridgehead atoms. The molecule has 70 valence electrons. The molecule has 1 aliphatic rings. The molecule has 3 heteroatoms. The second-order valence-corrected chi connectivity index (χ2v) is 3.15. The number of ether oxygens (including phenoxy) is 1. The van der Waals surface area contributed by atoms with Gasteiger partial charge in [-0.1, -0.05) is 30.3 Å². The van der Waals surface area contributed by atoms with E-state index in [4.69, 9.17) is 4.74 Å². The summed E-state index contributed by atoms with van der Waals surface area (Å²) in [7, 11) is 1.69. The van der Waals surface area contributed by atoms with E-state index in [1.165, 1.54) is 5.56 Å². The highest BCUT2D eigenvalue weighted by molar-refractivity contribution is 5.20. The first kappa shape index (κ1) is 8.69. The van der Waals surface area contributed by atoms with Gasteiger partial charge in [-0.2, -0.15) is 0 Å². The molecule has 1 aromatic carbocycles. The fraction of sp³-hybridized carbons (Fsp3) is 0.400. The van der Waals surface area contributed by atoms with Crippen molar-refractivity contribution < 1.29 is 4.74 Å². The molecule has 0 spiro atoms. The van der Waals surface area contributed by atoms with Crippen molar-refractivity contribution >= 4 is 0 Å². The number of benzene rings is 1. The third-order valence-corrected chi connectivity index (χ3v) is 2.30. The van der Waals surface area contributed by atoms with Gasteiger partial charge in [0.2, 0.25) is 0 Å². The molecule has 2 rings (SSSR count). The van der Waals surface area contributed by atoms with Crippen molar-refractivity contribution in [3.05, 3.63) is 35.9 Å². The Morgan fingerprint density at radius 1 is 1.31 bits per heavy atom. The van der Waals surface area contributed by atoms with Gasteiger partial charge in [0.1, 0.15) is 0 Å². The molecule has 2 atom stereocenters. The fourth-order valence-electron chi connectivity index (χ4n) is 1.58. The van der Waals surface area contributed by atoms with Gasteiger partial charge in [0.05, 0.1) is 0 Å². The predicted octanol–water partition coefficient (Wildman–Crippen LogP) is 0.851. The number of rotatable bonds is 2. The predicted molar refractivity (Wildman–Crippen MR) is 51.1 cm³/mol. The van der Waals surface area contributed by atoms with Crippen molar-refractivity contribution in [2.45, 2.75) is 12.4 Å². The normalized spacial score (nSPS) is 27.8. The first-order chi connectivity index (χ1) is 6.40. The smallest absolute Gasteiger partial charge is 0.163 e. The summed E-state index contributed by atoms with van der Waals surface area (Å²) in [6.07, 6.45) is -0.00907. The molecular formula is C10H14N2O. The Balaban J connectivity index is 2.04. The van der Waals surface area contributed by atoms with E-state index in [2.05, 4.69) is 34.9 Å². The summed E-state index contributed by atoms with van der Waals surface area (Å²) in [6, 6.07) is 10.7. The molecule has 1 saturated heterocycles. The molecule has 0 saturated carbocycles. The lowest BCUT2D eigenvalue weighted by molar-refractivity contribution is 0.0700. The lowest BCUT2D eigenvalue weighted by Gasteiger charge is -2.11. The summed E-state index contributed by atoms with van der Waals surface area (Å²) < 4.78 is 5.14. The van der Waals surface area contributed by atoms with Crippen LogP contribution in [-0.4, -0.2) is 20.0 Å². The van der Waals surface area contributed by atoms with E-state index in [-0.39, 0.29) is 6.35 Å². The van der Waals surface area contributed by atoms with E-state index in [1.54, 1.807) is 7.11 Å². The van der Waals surface area contributed by atoms with Crippen LogP contribution in [0.3, 0.4) is 0 Å². The SMILES string of the molecule is COC1NCC(c2ccccc2)N1. The summed E-state index contributed by atoms with van der Waals surface area (Å²) in [5.41, 5.74) is 1.30. The van der Waals surface area contributed by atoms with E-state index in [1.807, 2.05) is 6.07 Å². The highest BCUT2D eigenvalue weighted by atomic mass is 16.5. The van der Waals surface area contributed by atoms with Gasteiger partial charge < -0.3 is 4.74 Å². The van der Waals surface area contributed by atoms with E-state index in [0.29, 0.717) is 6.04 Å². The van der Waals surface area contributed by atoms with Crippen LogP contribution in [0, 0.1) is 0 Å². The molecular weight excluding hydrogens is 164 g/mol. The zero-order valence-corrected chi connectivity index (χ0v) is 7.66. The second-order valence-electron chi connectivity index (χ2n) is 3.15. The van der Waals surface area contributed by atoms with Crippen molar-refractivity contribution in [2.24, 2.45) is 0 Å². The molecule has 1 heterocycles. The quantitative estimate of drug-likeness (QED) is 0.704. The monoisotopic (exact) mass is 178 g/mol. The number of hydrogen-bond acceptors (Lipinski definition) is 3. The first-order valence-corrected chi connectivity index (χ1v) is 4.47. The molecule has 1 aromatic rings. The molecule has 13 heavy (non-hydrogen) atoms. The van der Waals surface area contributed by atoms with Gasteiger partial charge >= 0.3 is 0 Å². The van der Waals surface area contributed by atoms with Crippen LogP contribution in [-0.2, 0) is 4.74 Å².